The second-order valence-corrected chi connectivity index (χ2v) is 9.42. The fourth-order valence-electron chi connectivity index (χ4n) is 4.08. The second-order valence-electron chi connectivity index (χ2n) is 8.47. The van der Waals surface area contributed by atoms with Gasteiger partial charge in [-0.1, -0.05) is 50.7 Å². The monoisotopic (exact) mass is 435 g/mol. The van der Waals surface area contributed by atoms with Crippen molar-refractivity contribution in [3.05, 3.63) is 54.4 Å². The Hall–Kier alpha value is -2.67. The van der Waals surface area contributed by atoms with E-state index >= 15 is 0 Å². The molecule has 1 unspecified atom stereocenters. The van der Waals surface area contributed by atoms with Crippen molar-refractivity contribution < 1.29 is 4.79 Å². The number of carbonyl (C=O) groups excluding carboxylic acids is 1. The number of piperidine rings is 1. The zero-order valence-corrected chi connectivity index (χ0v) is 19.2. The highest BCUT2D eigenvalue weighted by Gasteiger charge is 2.24. The Labute approximate surface area is 188 Å². The highest BCUT2D eigenvalue weighted by molar-refractivity contribution is 7.99. The maximum Gasteiger partial charge on any atom is 0.233 e. The first-order valence-corrected chi connectivity index (χ1v) is 11.9. The Morgan fingerprint density at radius 3 is 2.77 bits per heavy atom. The first kappa shape index (κ1) is 21.6. The van der Waals surface area contributed by atoms with E-state index in [0.29, 0.717) is 17.6 Å². The predicted octanol–water partition coefficient (Wildman–Crippen LogP) is 4.80. The lowest BCUT2D eigenvalue weighted by atomic mass is 10.0. The lowest BCUT2D eigenvalue weighted by Gasteiger charge is -2.30. The number of carbonyl (C=O) groups is 1. The minimum absolute atomic E-state index is 0.172. The van der Waals surface area contributed by atoms with Crippen molar-refractivity contribution in [3.63, 3.8) is 0 Å². The molecule has 0 saturated carbocycles. The van der Waals surface area contributed by atoms with Crippen molar-refractivity contribution in [2.24, 2.45) is 5.92 Å². The lowest BCUT2D eigenvalue weighted by molar-refractivity contribution is -0.130. The highest BCUT2D eigenvalue weighted by atomic mass is 32.2. The summed E-state index contributed by atoms with van der Waals surface area (Å²) in [5, 5.41) is 9.70. The SMILES string of the molecule is CC1CCCN(C(=O)CSc2nnc(-c3cccnc3)n2-c2ccccc2C(C)C)C1. The second kappa shape index (κ2) is 9.64. The molecule has 1 aliphatic heterocycles. The van der Waals surface area contributed by atoms with E-state index in [1.807, 2.05) is 23.1 Å². The number of pyridine rings is 1. The van der Waals surface area contributed by atoms with Crippen LogP contribution in [0.2, 0.25) is 0 Å². The average Bonchev–Trinajstić information content (AvgIpc) is 3.21. The summed E-state index contributed by atoms with van der Waals surface area (Å²) in [4.78, 5) is 19.1. The molecule has 1 saturated heterocycles. The van der Waals surface area contributed by atoms with Crippen LogP contribution in [0.4, 0.5) is 0 Å². The highest BCUT2D eigenvalue weighted by Crippen LogP contribution is 2.32. The zero-order chi connectivity index (χ0) is 21.8. The molecule has 1 amide bonds. The van der Waals surface area contributed by atoms with Gasteiger partial charge in [0.25, 0.3) is 0 Å². The van der Waals surface area contributed by atoms with Crippen LogP contribution < -0.4 is 0 Å². The Kier molecular flexibility index (Phi) is 6.70. The van der Waals surface area contributed by atoms with E-state index < -0.39 is 0 Å². The molecule has 1 fully saturated rings. The molecular weight excluding hydrogens is 406 g/mol. The van der Waals surface area contributed by atoms with Crippen molar-refractivity contribution >= 4 is 17.7 Å². The van der Waals surface area contributed by atoms with Gasteiger partial charge >= 0.3 is 0 Å². The lowest BCUT2D eigenvalue weighted by Crippen LogP contribution is -2.40. The number of hydrogen-bond donors (Lipinski definition) is 0. The van der Waals surface area contributed by atoms with Crippen molar-refractivity contribution in [1.29, 1.82) is 0 Å². The minimum Gasteiger partial charge on any atom is -0.342 e. The van der Waals surface area contributed by atoms with Gasteiger partial charge in [0, 0.05) is 31.0 Å². The topological polar surface area (TPSA) is 63.9 Å². The first-order chi connectivity index (χ1) is 15.0. The summed E-state index contributed by atoms with van der Waals surface area (Å²) in [6, 6.07) is 12.2. The van der Waals surface area contributed by atoms with Crippen LogP contribution in [-0.2, 0) is 4.79 Å². The van der Waals surface area contributed by atoms with Crippen LogP contribution in [0.5, 0.6) is 0 Å². The Morgan fingerprint density at radius 2 is 2.03 bits per heavy atom. The average molecular weight is 436 g/mol. The Balaban J connectivity index is 1.67. The third kappa shape index (κ3) is 4.82. The van der Waals surface area contributed by atoms with Gasteiger partial charge in [0.1, 0.15) is 0 Å². The van der Waals surface area contributed by atoms with Crippen LogP contribution in [0.15, 0.2) is 53.9 Å². The Morgan fingerprint density at radius 1 is 1.19 bits per heavy atom. The molecule has 1 aromatic carbocycles. The molecule has 0 N–H and O–H groups in total. The number of likely N-dealkylation sites (tertiary alicyclic amines) is 1. The molecule has 1 atom stereocenters. The van der Waals surface area contributed by atoms with E-state index in [4.69, 9.17) is 0 Å². The third-order valence-corrected chi connectivity index (χ3v) is 6.60. The summed E-state index contributed by atoms with van der Waals surface area (Å²) >= 11 is 1.46. The van der Waals surface area contributed by atoms with E-state index in [9.17, 15) is 4.79 Å². The van der Waals surface area contributed by atoms with Crippen molar-refractivity contribution in [2.45, 2.75) is 44.7 Å². The molecule has 0 aliphatic carbocycles. The molecule has 1 aliphatic rings. The summed E-state index contributed by atoms with van der Waals surface area (Å²) in [7, 11) is 0. The fourth-order valence-corrected chi connectivity index (χ4v) is 4.92. The van der Waals surface area contributed by atoms with E-state index in [1.54, 1.807) is 12.4 Å². The van der Waals surface area contributed by atoms with Gasteiger partial charge in [0.05, 0.1) is 11.4 Å². The summed E-state index contributed by atoms with van der Waals surface area (Å²) in [5.74, 6) is 2.19. The smallest absolute Gasteiger partial charge is 0.233 e. The van der Waals surface area contributed by atoms with Gasteiger partial charge in [-0.3, -0.25) is 14.3 Å². The molecule has 3 aromatic rings. The number of nitrogens with zero attached hydrogens (tertiary/aromatic N) is 5. The summed E-state index contributed by atoms with van der Waals surface area (Å²) in [6.45, 7) is 8.28. The first-order valence-electron chi connectivity index (χ1n) is 10.9. The van der Waals surface area contributed by atoms with Gasteiger partial charge < -0.3 is 4.90 Å². The largest absolute Gasteiger partial charge is 0.342 e. The van der Waals surface area contributed by atoms with Gasteiger partial charge in [-0.05, 0) is 48.4 Å². The molecule has 3 heterocycles. The van der Waals surface area contributed by atoms with Crippen LogP contribution in [0, 0.1) is 5.92 Å². The van der Waals surface area contributed by atoms with Gasteiger partial charge in [0.15, 0.2) is 11.0 Å². The van der Waals surface area contributed by atoms with E-state index in [2.05, 4.69) is 58.7 Å². The Bertz CT molecular complexity index is 1030. The van der Waals surface area contributed by atoms with Crippen LogP contribution in [0.25, 0.3) is 17.1 Å². The van der Waals surface area contributed by atoms with Crippen molar-refractivity contribution in [2.75, 3.05) is 18.8 Å². The molecule has 31 heavy (non-hydrogen) atoms. The third-order valence-electron chi connectivity index (χ3n) is 5.69. The standard InChI is InChI=1S/C24H29N5OS/c1-17(2)20-10-4-5-11-21(20)29-23(19-9-6-12-25-14-19)26-27-24(29)31-16-22(30)28-13-7-8-18(3)15-28/h4-6,9-12,14,17-18H,7-8,13,15-16H2,1-3H3. The van der Waals surface area contributed by atoms with Crippen LogP contribution >= 0.6 is 11.8 Å². The molecular formula is C24H29N5OS. The number of rotatable bonds is 6. The quantitative estimate of drug-likeness (QED) is 0.520. The molecule has 0 bridgehead atoms. The molecule has 0 radical (unpaired) electrons. The molecule has 4 rings (SSSR count). The number of thioether (sulfide) groups is 1. The number of para-hydroxylation sites is 1. The fraction of sp³-hybridized carbons (Fsp3) is 0.417. The molecule has 0 spiro atoms. The summed E-state index contributed by atoms with van der Waals surface area (Å²) < 4.78 is 2.07. The maximum absolute atomic E-state index is 12.9. The van der Waals surface area contributed by atoms with Crippen LogP contribution in [0.1, 0.15) is 45.1 Å². The molecule has 7 heteroatoms. The van der Waals surface area contributed by atoms with Crippen molar-refractivity contribution in [1.82, 2.24) is 24.6 Å². The number of hydrogen-bond acceptors (Lipinski definition) is 5. The normalized spacial score (nSPS) is 16.6. The van der Waals surface area contributed by atoms with Gasteiger partial charge in [0.2, 0.25) is 5.91 Å². The van der Waals surface area contributed by atoms with E-state index in [0.717, 1.165) is 41.7 Å². The molecule has 6 nitrogen and oxygen atoms in total. The van der Waals surface area contributed by atoms with Crippen molar-refractivity contribution in [3.8, 4) is 17.1 Å². The minimum atomic E-state index is 0.172. The maximum atomic E-state index is 12.9. The van der Waals surface area contributed by atoms with Gasteiger partial charge in [-0.15, -0.1) is 10.2 Å². The number of benzene rings is 1. The molecule has 2 aromatic heterocycles. The number of aromatic nitrogens is 4. The van der Waals surface area contributed by atoms with Crippen LogP contribution in [-0.4, -0.2) is 49.4 Å². The number of amides is 1. The summed E-state index contributed by atoms with van der Waals surface area (Å²) in [5.41, 5.74) is 3.16. The zero-order valence-electron chi connectivity index (χ0n) is 18.4. The van der Waals surface area contributed by atoms with E-state index in [-0.39, 0.29) is 5.91 Å². The van der Waals surface area contributed by atoms with Gasteiger partial charge in [-0.2, -0.15) is 0 Å². The predicted molar refractivity (Wildman–Crippen MR) is 124 cm³/mol. The summed E-state index contributed by atoms with van der Waals surface area (Å²) in [6.07, 6.45) is 5.83. The molecule has 162 valence electrons. The van der Waals surface area contributed by atoms with Gasteiger partial charge in [-0.25, -0.2) is 0 Å². The van der Waals surface area contributed by atoms with Crippen LogP contribution in [0.3, 0.4) is 0 Å². The van der Waals surface area contributed by atoms with E-state index in [1.165, 1.54) is 23.7 Å².